The summed E-state index contributed by atoms with van der Waals surface area (Å²) in [5.74, 6) is -5.41. The Morgan fingerprint density at radius 3 is 2.21 bits per heavy atom. The molecule has 13 heteroatoms. The Labute approximate surface area is 235 Å². The molecule has 0 spiro atoms. The summed E-state index contributed by atoms with van der Waals surface area (Å²) in [6, 6.07) is 11.3. The molecular weight excluding hydrogens is 571 g/mol. The van der Waals surface area contributed by atoms with Gasteiger partial charge in [0.15, 0.2) is 0 Å². The third-order valence-electron chi connectivity index (χ3n) is 6.04. The van der Waals surface area contributed by atoms with Crippen molar-refractivity contribution in [2.45, 2.75) is 25.2 Å². The van der Waals surface area contributed by atoms with Crippen LogP contribution in [0.4, 0.5) is 5.69 Å². The van der Waals surface area contributed by atoms with E-state index in [-0.39, 0.29) is 45.4 Å². The number of aryl methyl sites for hydroxylation is 1. The van der Waals surface area contributed by atoms with E-state index in [1.807, 2.05) is 0 Å². The van der Waals surface area contributed by atoms with Crippen LogP contribution in [0, 0.1) is 5.92 Å². The van der Waals surface area contributed by atoms with Crippen molar-refractivity contribution in [1.29, 1.82) is 0 Å². The quantitative estimate of drug-likeness (QED) is 0.387. The highest BCUT2D eigenvalue weighted by atomic mass is 35.5. The summed E-state index contributed by atoms with van der Waals surface area (Å²) in [5.41, 5.74) is 1.20. The maximum Gasteiger partial charge on any atom is 0.336 e. The van der Waals surface area contributed by atoms with Gasteiger partial charge in [-0.25, -0.2) is 13.2 Å². The van der Waals surface area contributed by atoms with Crippen molar-refractivity contribution >= 4 is 62.5 Å². The smallest absolute Gasteiger partial charge is 0.336 e. The number of carboxylic acids is 1. The number of sulfonamides is 1. The van der Waals surface area contributed by atoms with Crippen LogP contribution in [0.25, 0.3) is 0 Å². The summed E-state index contributed by atoms with van der Waals surface area (Å²) in [4.78, 5) is 42.5. The standard InChI is InChI=1S/C26H26Cl2N2O8S/c1-37-25(33)22-18(12-11-14-7-4-5-10-17(14)30-39(3,35)36)29-19(13-20(31)32)23(26(34)38-2)24(22)21-15(27)8-6-9-16(21)28/h4-10,23-24,30H,11-13H2,1-3H3,(H,31,32). The topological polar surface area (TPSA) is 148 Å². The van der Waals surface area contributed by atoms with Gasteiger partial charge in [-0.1, -0.05) is 47.5 Å². The Hall–Kier alpha value is -3.41. The number of nitrogens with one attached hydrogen (secondary N) is 1. The van der Waals surface area contributed by atoms with Crippen LogP contribution in [-0.4, -0.2) is 57.6 Å². The first-order chi connectivity index (χ1) is 18.4. The van der Waals surface area contributed by atoms with Crippen molar-refractivity contribution in [3.63, 3.8) is 0 Å². The fraction of sp³-hybridized carbons (Fsp3) is 0.308. The molecular formula is C26H26Cl2N2O8S. The van der Waals surface area contributed by atoms with Gasteiger partial charge in [0.05, 0.1) is 43.9 Å². The van der Waals surface area contributed by atoms with E-state index in [9.17, 15) is 27.9 Å². The fourth-order valence-electron chi connectivity index (χ4n) is 4.50. The molecule has 0 fully saturated rings. The number of ether oxygens (including phenoxy) is 2. The molecule has 1 aliphatic heterocycles. The van der Waals surface area contributed by atoms with Crippen LogP contribution in [0.2, 0.25) is 10.0 Å². The van der Waals surface area contributed by atoms with Gasteiger partial charge in [0.1, 0.15) is 5.92 Å². The lowest BCUT2D eigenvalue weighted by molar-refractivity contribution is -0.143. The number of hydrogen-bond donors (Lipinski definition) is 2. The van der Waals surface area contributed by atoms with Gasteiger partial charge in [-0.15, -0.1) is 0 Å². The van der Waals surface area contributed by atoms with Crippen LogP contribution < -0.4 is 4.72 Å². The third kappa shape index (κ3) is 7.17. The predicted molar refractivity (Wildman–Crippen MR) is 147 cm³/mol. The molecule has 208 valence electrons. The zero-order valence-corrected chi connectivity index (χ0v) is 23.6. The van der Waals surface area contributed by atoms with Gasteiger partial charge >= 0.3 is 17.9 Å². The maximum absolute atomic E-state index is 13.2. The van der Waals surface area contributed by atoms with Crippen LogP contribution in [0.3, 0.4) is 0 Å². The monoisotopic (exact) mass is 596 g/mol. The molecule has 0 bridgehead atoms. The number of halogens is 2. The maximum atomic E-state index is 13.2. The van der Waals surface area contributed by atoms with E-state index in [1.165, 1.54) is 12.1 Å². The van der Waals surface area contributed by atoms with E-state index in [1.54, 1.807) is 30.3 Å². The second kappa shape index (κ2) is 12.6. The number of rotatable bonds is 10. The Morgan fingerprint density at radius 1 is 1.00 bits per heavy atom. The molecule has 2 unspecified atom stereocenters. The average Bonchev–Trinajstić information content (AvgIpc) is 2.86. The first kappa shape index (κ1) is 30.1. The van der Waals surface area contributed by atoms with Crippen LogP contribution in [-0.2, 0) is 40.3 Å². The van der Waals surface area contributed by atoms with Crippen molar-refractivity contribution in [3.8, 4) is 0 Å². The number of hydrogen-bond acceptors (Lipinski definition) is 8. The Morgan fingerprint density at radius 2 is 1.64 bits per heavy atom. The normalized spacial score (nSPS) is 17.3. The Balaban J connectivity index is 2.25. The summed E-state index contributed by atoms with van der Waals surface area (Å²) in [7, 11) is -1.28. The zero-order chi connectivity index (χ0) is 28.9. The first-order valence-electron chi connectivity index (χ1n) is 11.6. The number of anilines is 1. The number of nitrogens with zero attached hydrogens (tertiary/aromatic N) is 1. The number of methoxy groups -OCH3 is 2. The van der Waals surface area contributed by atoms with E-state index in [0.29, 0.717) is 11.3 Å². The van der Waals surface area contributed by atoms with E-state index in [2.05, 4.69) is 9.71 Å². The van der Waals surface area contributed by atoms with Gasteiger partial charge in [-0.05, 0) is 42.2 Å². The summed E-state index contributed by atoms with van der Waals surface area (Å²) in [6.45, 7) is 0. The van der Waals surface area contributed by atoms with Gasteiger partial charge in [-0.3, -0.25) is 19.3 Å². The van der Waals surface area contributed by atoms with E-state index in [0.717, 1.165) is 20.5 Å². The lowest BCUT2D eigenvalue weighted by Crippen LogP contribution is -2.38. The molecule has 3 rings (SSSR count). The van der Waals surface area contributed by atoms with Gasteiger partial charge in [-0.2, -0.15) is 0 Å². The summed E-state index contributed by atoms with van der Waals surface area (Å²) in [5, 5.41) is 9.89. The number of carboxylic acid groups (broad SMARTS) is 1. The van der Waals surface area contributed by atoms with Gasteiger partial charge in [0.2, 0.25) is 10.0 Å². The molecule has 1 aliphatic rings. The lowest BCUT2D eigenvalue weighted by Gasteiger charge is -2.33. The number of carbonyl (C=O) groups is 3. The van der Waals surface area contributed by atoms with Gasteiger partial charge < -0.3 is 14.6 Å². The number of aliphatic carboxylic acids is 1. The van der Waals surface area contributed by atoms with Gasteiger partial charge in [0.25, 0.3) is 0 Å². The molecule has 10 nitrogen and oxygen atoms in total. The SMILES string of the molecule is COC(=O)C1=C(CCc2ccccc2NS(C)(=O)=O)N=C(CC(=O)O)C(C(=O)OC)C1c1c(Cl)cccc1Cl. The second-order valence-electron chi connectivity index (χ2n) is 8.67. The molecule has 0 amide bonds. The third-order valence-corrected chi connectivity index (χ3v) is 7.29. The summed E-state index contributed by atoms with van der Waals surface area (Å²) < 4.78 is 36.2. The number of benzene rings is 2. The van der Waals surface area contributed by atoms with E-state index < -0.39 is 46.2 Å². The fourth-order valence-corrected chi connectivity index (χ4v) is 5.73. The summed E-state index contributed by atoms with van der Waals surface area (Å²) >= 11 is 13.0. The molecule has 0 aromatic heterocycles. The number of allylic oxidation sites excluding steroid dienone is 1. The number of carbonyl (C=O) groups excluding carboxylic acids is 2. The minimum absolute atomic E-state index is 0.0365. The van der Waals surface area contributed by atoms with Crippen molar-refractivity contribution in [2.24, 2.45) is 10.9 Å². The molecule has 2 atom stereocenters. The molecule has 2 N–H and O–H groups in total. The van der Waals surface area contributed by atoms with Gasteiger partial charge in [0, 0.05) is 21.7 Å². The van der Waals surface area contributed by atoms with Crippen molar-refractivity contribution < 1.29 is 37.4 Å². The van der Waals surface area contributed by atoms with Crippen LogP contribution in [0.5, 0.6) is 0 Å². The van der Waals surface area contributed by atoms with Crippen LogP contribution in [0.15, 0.2) is 58.7 Å². The molecule has 2 aromatic rings. The molecule has 39 heavy (non-hydrogen) atoms. The number of esters is 2. The molecule has 0 aliphatic carbocycles. The Bertz CT molecular complexity index is 1450. The highest BCUT2D eigenvalue weighted by Crippen LogP contribution is 2.46. The van der Waals surface area contributed by atoms with Crippen LogP contribution >= 0.6 is 23.2 Å². The number of para-hydroxylation sites is 1. The minimum Gasteiger partial charge on any atom is -0.481 e. The number of aliphatic imine (C=N–C) groups is 1. The molecule has 2 aromatic carbocycles. The zero-order valence-electron chi connectivity index (χ0n) is 21.2. The minimum atomic E-state index is -3.58. The largest absolute Gasteiger partial charge is 0.481 e. The molecule has 0 saturated heterocycles. The van der Waals surface area contributed by atoms with Crippen molar-refractivity contribution in [2.75, 3.05) is 25.2 Å². The van der Waals surface area contributed by atoms with E-state index in [4.69, 9.17) is 32.7 Å². The predicted octanol–water partition coefficient (Wildman–Crippen LogP) is 4.23. The summed E-state index contributed by atoms with van der Waals surface area (Å²) in [6.07, 6.45) is 0.658. The first-order valence-corrected chi connectivity index (χ1v) is 14.2. The average molecular weight is 597 g/mol. The van der Waals surface area contributed by atoms with Crippen LogP contribution in [0.1, 0.15) is 29.9 Å². The molecule has 0 saturated carbocycles. The highest BCUT2D eigenvalue weighted by molar-refractivity contribution is 7.92. The second-order valence-corrected chi connectivity index (χ2v) is 11.2. The Kier molecular flexibility index (Phi) is 9.76. The van der Waals surface area contributed by atoms with Crippen molar-refractivity contribution in [1.82, 2.24) is 0 Å². The van der Waals surface area contributed by atoms with Crippen molar-refractivity contribution in [3.05, 3.63) is 74.9 Å². The lowest BCUT2D eigenvalue weighted by atomic mass is 9.74. The highest BCUT2D eigenvalue weighted by Gasteiger charge is 2.46. The molecule has 1 heterocycles. The van der Waals surface area contributed by atoms with E-state index >= 15 is 0 Å². The molecule has 0 radical (unpaired) electrons.